The number of nitrogens with two attached hydrogens (primary N) is 1. The van der Waals surface area contributed by atoms with Gasteiger partial charge in [-0.3, -0.25) is 0 Å². The Morgan fingerprint density at radius 2 is 1.85 bits per heavy atom. The van der Waals surface area contributed by atoms with Crippen molar-refractivity contribution in [1.82, 2.24) is 0 Å². The number of hydrogen-bond acceptors (Lipinski definition) is 3. The van der Waals surface area contributed by atoms with E-state index in [1.807, 2.05) is 12.1 Å². The van der Waals surface area contributed by atoms with Crippen LogP contribution in [0.25, 0.3) is 0 Å². The summed E-state index contributed by atoms with van der Waals surface area (Å²) < 4.78 is 5.33. The topological polar surface area (TPSA) is 38.5 Å². The molecule has 3 nitrogen and oxygen atoms in total. The molecule has 0 fully saturated rings. The molecule has 3 heteroatoms. The van der Waals surface area contributed by atoms with Crippen LogP contribution in [-0.2, 0) is 13.0 Å². The zero-order valence-corrected chi connectivity index (χ0v) is 11.8. The van der Waals surface area contributed by atoms with Gasteiger partial charge in [-0.05, 0) is 36.1 Å². The SMILES string of the molecule is COc1cccc(N2CCCc3ccccc3C2)c1N. The highest BCUT2D eigenvalue weighted by Crippen LogP contribution is 2.34. The number of benzene rings is 2. The Kier molecular flexibility index (Phi) is 3.50. The largest absolute Gasteiger partial charge is 0.495 e. The lowest BCUT2D eigenvalue weighted by atomic mass is 10.0. The smallest absolute Gasteiger partial charge is 0.143 e. The van der Waals surface area contributed by atoms with Crippen LogP contribution in [0.3, 0.4) is 0 Å². The van der Waals surface area contributed by atoms with Gasteiger partial charge in [0.15, 0.2) is 0 Å². The number of hydrogen-bond donors (Lipinski definition) is 1. The number of ether oxygens (including phenoxy) is 1. The molecule has 0 bridgehead atoms. The number of para-hydroxylation sites is 1. The van der Waals surface area contributed by atoms with Crippen LogP contribution in [-0.4, -0.2) is 13.7 Å². The van der Waals surface area contributed by atoms with Gasteiger partial charge >= 0.3 is 0 Å². The number of anilines is 2. The summed E-state index contributed by atoms with van der Waals surface area (Å²) in [6, 6.07) is 14.7. The van der Waals surface area contributed by atoms with Gasteiger partial charge in [0.25, 0.3) is 0 Å². The van der Waals surface area contributed by atoms with E-state index in [1.54, 1.807) is 7.11 Å². The first-order chi connectivity index (χ1) is 9.79. The Balaban J connectivity index is 1.95. The molecule has 3 rings (SSSR count). The second-order valence-corrected chi connectivity index (χ2v) is 5.19. The molecule has 0 saturated heterocycles. The lowest BCUT2D eigenvalue weighted by molar-refractivity contribution is 0.417. The second-order valence-electron chi connectivity index (χ2n) is 5.19. The molecule has 1 aliphatic rings. The second kappa shape index (κ2) is 5.45. The van der Waals surface area contributed by atoms with Crippen molar-refractivity contribution < 1.29 is 4.74 Å². The van der Waals surface area contributed by atoms with E-state index < -0.39 is 0 Å². The van der Waals surface area contributed by atoms with Crippen LogP contribution in [0.15, 0.2) is 42.5 Å². The summed E-state index contributed by atoms with van der Waals surface area (Å²) >= 11 is 0. The van der Waals surface area contributed by atoms with E-state index in [0.717, 1.165) is 43.1 Å². The number of aryl methyl sites for hydroxylation is 1. The maximum Gasteiger partial charge on any atom is 0.143 e. The van der Waals surface area contributed by atoms with Gasteiger partial charge in [-0.2, -0.15) is 0 Å². The van der Waals surface area contributed by atoms with Gasteiger partial charge in [-0.1, -0.05) is 30.3 Å². The molecule has 2 aromatic rings. The minimum absolute atomic E-state index is 0.731. The third-order valence-electron chi connectivity index (χ3n) is 3.96. The van der Waals surface area contributed by atoms with Gasteiger partial charge in [0, 0.05) is 13.1 Å². The molecule has 0 aliphatic carbocycles. The first-order valence-electron chi connectivity index (χ1n) is 7.04. The van der Waals surface area contributed by atoms with Crippen molar-refractivity contribution in [3.05, 3.63) is 53.6 Å². The Morgan fingerprint density at radius 3 is 2.65 bits per heavy atom. The summed E-state index contributed by atoms with van der Waals surface area (Å²) in [5, 5.41) is 0. The molecule has 0 aromatic heterocycles. The van der Waals surface area contributed by atoms with Crippen molar-refractivity contribution in [3.63, 3.8) is 0 Å². The van der Waals surface area contributed by atoms with Crippen molar-refractivity contribution in [2.75, 3.05) is 24.3 Å². The van der Waals surface area contributed by atoms with Crippen LogP contribution >= 0.6 is 0 Å². The number of rotatable bonds is 2. The fraction of sp³-hybridized carbons (Fsp3) is 0.294. The van der Waals surface area contributed by atoms with Crippen LogP contribution in [0.5, 0.6) is 5.75 Å². The van der Waals surface area contributed by atoms with Crippen LogP contribution in [0, 0.1) is 0 Å². The van der Waals surface area contributed by atoms with Crippen molar-refractivity contribution in [2.45, 2.75) is 19.4 Å². The molecule has 2 N–H and O–H groups in total. The molecule has 104 valence electrons. The molecule has 0 unspecified atom stereocenters. The molecule has 20 heavy (non-hydrogen) atoms. The zero-order valence-electron chi connectivity index (χ0n) is 11.8. The number of methoxy groups -OCH3 is 1. The van der Waals surface area contributed by atoms with Gasteiger partial charge in [0.05, 0.1) is 18.5 Å². The molecule has 0 radical (unpaired) electrons. The molecule has 0 spiro atoms. The third kappa shape index (κ3) is 2.31. The molecule has 0 saturated carbocycles. The van der Waals surface area contributed by atoms with Crippen LogP contribution in [0.2, 0.25) is 0 Å². The first-order valence-corrected chi connectivity index (χ1v) is 7.04. The molecular weight excluding hydrogens is 248 g/mol. The van der Waals surface area contributed by atoms with Crippen molar-refractivity contribution in [1.29, 1.82) is 0 Å². The average molecular weight is 268 g/mol. The predicted molar refractivity (Wildman–Crippen MR) is 83.2 cm³/mol. The highest BCUT2D eigenvalue weighted by Gasteiger charge is 2.17. The summed E-state index contributed by atoms with van der Waals surface area (Å²) in [6.07, 6.45) is 2.28. The van der Waals surface area contributed by atoms with Gasteiger partial charge in [-0.15, -0.1) is 0 Å². The lowest BCUT2D eigenvalue weighted by Gasteiger charge is -2.25. The molecule has 0 atom stereocenters. The van der Waals surface area contributed by atoms with E-state index in [9.17, 15) is 0 Å². The summed E-state index contributed by atoms with van der Waals surface area (Å²) in [7, 11) is 1.66. The number of nitrogens with zero attached hydrogens (tertiary/aromatic N) is 1. The molecule has 2 aromatic carbocycles. The van der Waals surface area contributed by atoms with Crippen molar-refractivity contribution in [3.8, 4) is 5.75 Å². The normalized spacial score (nSPS) is 14.6. The maximum atomic E-state index is 6.23. The minimum atomic E-state index is 0.731. The van der Waals surface area contributed by atoms with Crippen molar-refractivity contribution in [2.24, 2.45) is 0 Å². The number of fused-ring (bicyclic) bond motifs is 1. The molecule has 1 aliphatic heterocycles. The minimum Gasteiger partial charge on any atom is -0.495 e. The zero-order chi connectivity index (χ0) is 13.9. The monoisotopic (exact) mass is 268 g/mol. The van der Waals surface area contributed by atoms with E-state index in [-0.39, 0.29) is 0 Å². The highest BCUT2D eigenvalue weighted by molar-refractivity contribution is 5.74. The fourth-order valence-corrected chi connectivity index (χ4v) is 2.89. The van der Waals surface area contributed by atoms with Crippen molar-refractivity contribution >= 4 is 11.4 Å². The Bertz CT molecular complexity index is 610. The predicted octanol–water partition coefficient (Wildman–Crippen LogP) is 3.23. The van der Waals surface area contributed by atoms with Gasteiger partial charge < -0.3 is 15.4 Å². The van der Waals surface area contributed by atoms with Crippen LogP contribution < -0.4 is 15.4 Å². The maximum absolute atomic E-state index is 6.23. The molecule has 1 heterocycles. The Labute approximate surface area is 120 Å². The standard InChI is InChI=1S/C17H20N2O/c1-20-16-10-4-9-15(17(16)18)19-11-5-8-13-6-2-3-7-14(13)12-19/h2-4,6-7,9-10H,5,8,11-12,18H2,1H3. The third-order valence-corrected chi connectivity index (χ3v) is 3.96. The van der Waals surface area contributed by atoms with Crippen LogP contribution in [0.4, 0.5) is 11.4 Å². The van der Waals surface area contributed by atoms with E-state index in [0.29, 0.717) is 0 Å². The Hall–Kier alpha value is -2.16. The quantitative estimate of drug-likeness (QED) is 0.850. The van der Waals surface area contributed by atoms with E-state index in [1.165, 1.54) is 11.1 Å². The first kappa shape index (κ1) is 12.9. The van der Waals surface area contributed by atoms with Crippen LogP contribution in [0.1, 0.15) is 17.5 Å². The summed E-state index contributed by atoms with van der Waals surface area (Å²) in [5.74, 6) is 0.750. The van der Waals surface area contributed by atoms with Gasteiger partial charge in [0.1, 0.15) is 5.75 Å². The molecular formula is C17H20N2O. The summed E-state index contributed by atoms with van der Waals surface area (Å²) in [5.41, 5.74) is 10.9. The number of nitrogen functional groups attached to an aromatic ring is 1. The fourth-order valence-electron chi connectivity index (χ4n) is 2.89. The molecule has 0 amide bonds. The van der Waals surface area contributed by atoms with E-state index in [2.05, 4.69) is 35.2 Å². The lowest BCUT2D eigenvalue weighted by Crippen LogP contribution is -2.23. The van der Waals surface area contributed by atoms with Gasteiger partial charge in [-0.25, -0.2) is 0 Å². The van der Waals surface area contributed by atoms with Gasteiger partial charge in [0.2, 0.25) is 0 Å². The average Bonchev–Trinajstić information content (AvgIpc) is 2.69. The summed E-state index contributed by atoms with van der Waals surface area (Å²) in [4.78, 5) is 2.35. The summed E-state index contributed by atoms with van der Waals surface area (Å²) in [6.45, 7) is 1.93. The van der Waals surface area contributed by atoms with E-state index in [4.69, 9.17) is 10.5 Å². The highest BCUT2D eigenvalue weighted by atomic mass is 16.5. The van der Waals surface area contributed by atoms with E-state index >= 15 is 0 Å². The Morgan fingerprint density at radius 1 is 1.05 bits per heavy atom.